The molecule has 0 unspecified atom stereocenters. The number of primary amides is 1. The first-order valence-corrected chi connectivity index (χ1v) is 7.79. The molecule has 0 fully saturated rings. The molecule has 1 amide bonds. The number of hydrogen-bond donors (Lipinski definition) is 1. The smallest absolute Gasteiger partial charge is 0.318 e. The number of benzene rings is 2. The summed E-state index contributed by atoms with van der Waals surface area (Å²) in [5.41, 5.74) is 7.07. The molecule has 2 aromatic carbocycles. The summed E-state index contributed by atoms with van der Waals surface area (Å²) < 4.78 is 5.36. The van der Waals surface area contributed by atoms with Crippen LogP contribution in [0, 0.1) is 0 Å². The van der Waals surface area contributed by atoms with Gasteiger partial charge in [-0.3, -0.25) is 14.4 Å². The van der Waals surface area contributed by atoms with Gasteiger partial charge in [0.15, 0.2) is 0 Å². The second-order valence-corrected chi connectivity index (χ2v) is 5.54. The molecule has 0 aliphatic rings. The first-order chi connectivity index (χ1) is 12.0. The minimum absolute atomic E-state index is 0.126. The van der Waals surface area contributed by atoms with E-state index in [1.165, 1.54) is 6.92 Å². The highest BCUT2D eigenvalue weighted by Crippen LogP contribution is 2.23. The largest absolute Gasteiger partial charge is 0.430 e. The van der Waals surface area contributed by atoms with Gasteiger partial charge in [-0.05, 0) is 18.1 Å². The molecule has 0 saturated heterocycles. The molecule has 0 saturated carbocycles. The van der Waals surface area contributed by atoms with Crippen LogP contribution in [-0.2, 0) is 25.5 Å². The highest BCUT2D eigenvalue weighted by atomic mass is 16.5. The molecule has 0 radical (unpaired) electrons. The van der Waals surface area contributed by atoms with Crippen LogP contribution in [0.25, 0.3) is 5.57 Å². The molecule has 2 rings (SSSR count). The van der Waals surface area contributed by atoms with Crippen molar-refractivity contribution < 1.29 is 19.1 Å². The SMILES string of the molecule is CC(=O)CC(=O)OC(Cc1ccccc1)=C(C(N)=O)c1ccccc1. The first kappa shape index (κ1) is 18.1. The Morgan fingerprint density at radius 1 is 0.920 bits per heavy atom. The lowest BCUT2D eigenvalue weighted by Gasteiger charge is -2.14. The van der Waals surface area contributed by atoms with Gasteiger partial charge in [-0.25, -0.2) is 0 Å². The van der Waals surface area contributed by atoms with Crippen LogP contribution in [0.2, 0.25) is 0 Å². The van der Waals surface area contributed by atoms with Gasteiger partial charge in [0, 0.05) is 6.42 Å². The van der Waals surface area contributed by atoms with E-state index in [0.29, 0.717) is 5.56 Å². The average Bonchev–Trinajstić information content (AvgIpc) is 2.55. The minimum atomic E-state index is -0.715. The molecule has 0 aliphatic heterocycles. The predicted molar refractivity (Wildman–Crippen MR) is 94.1 cm³/mol. The van der Waals surface area contributed by atoms with E-state index >= 15 is 0 Å². The van der Waals surface area contributed by atoms with Gasteiger partial charge < -0.3 is 10.5 Å². The van der Waals surface area contributed by atoms with Crippen molar-refractivity contribution in [2.45, 2.75) is 19.8 Å². The van der Waals surface area contributed by atoms with Crippen LogP contribution in [0.15, 0.2) is 66.4 Å². The number of ketones is 1. The Morgan fingerprint density at radius 3 is 2.00 bits per heavy atom. The Hall–Kier alpha value is -3.21. The van der Waals surface area contributed by atoms with Crippen LogP contribution in [0.1, 0.15) is 24.5 Å². The van der Waals surface area contributed by atoms with E-state index in [1.54, 1.807) is 30.3 Å². The standard InChI is InChI=1S/C20H19NO4/c1-14(22)12-18(23)25-17(13-15-8-4-2-5-9-15)19(20(21)24)16-10-6-3-7-11-16/h2-11H,12-13H2,1H3,(H2,21,24). The van der Waals surface area contributed by atoms with Gasteiger partial charge in [-0.1, -0.05) is 60.7 Å². The number of ether oxygens (including phenoxy) is 1. The minimum Gasteiger partial charge on any atom is -0.430 e. The highest BCUT2D eigenvalue weighted by molar-refractivity contribution is 6.19. The van der Waals surface area contributed by atoms with E-state index in [-0.39, 0.29) is 30.0 Å². The summed E-state index contributed by atoms with van der Waals surface area (Å²) in [4.78, 5) is 35.2. The Bertz CT molecular complexity index is 795. The van der Waals surface area contributed by atoms with Gasteiger partial charge in [-0.2, -0.15) is 0 Å². The maximum atomic E-state index is 12.0. The number of allylic oxidation sites excluding steroid dienone is 1. The van der Waals surface area contributed by atoms with Crippen LogP contribution >= 0.6 is 0 Å². The third kappa shape index (κ3) is 5.42. The zero-order valence-corrected chi connectivity index (χ0v) is 13.9. The number of esters is 1. The molecule has 0 spiro atoms. The maximum absolute atomic E-state index is 12.0. The molecule has 25 heavy (non-hydrogen) atoms. The number of Topliss-reactive ketones (excluding diaryl/α,β-unsaturated/α-hetero) is 1. The number of carbonyl (C=O) groups excluding carboxylic acids is 3. The molecule has 0 aromatic heterocycles. The Labute approximate surface area is 146 Å². The van der Waals surface area contributed by atoms with Gasteiger partial charge in [-0.15, -0.1) is 0 Å². The molecule has 2 N–H and O–H groups in total. The number of hydrogen-bond acceptors (Lipinski definition) is 4. The molecular formula is C20H19NO4. The van der Waals surface area contributed by atoms with Crippen LogP contribution in [-0.4, -0.2) is 17.7 Å². The summed E-state index contributed by atoms with van der Waals surface area (Å²) in [6.07, 6.45) is -0.156. The number of amides is 1. The molecular weight excluding hydrogens is 318 g/mol. The van der Waals surface area contributed by atoms with Gasteiger partial charge >= 0.3 is 5.97 Å². The summed E-state index contributed by atoms with van der Waals surface area (Å²) in [6.45, 7) is 1.30. The van der Waals surface area contributed by atoms with Crippen molar-refractivity contribution in [3.8, 4) is 0 Å². The molecule has 0 atom stereocenters. The lowest BCUT2D eigenvalue weighted by molar-refractivity contribution is -0.141. The summed E-state index contributed by atoms with van der Waals surface area (Å²) in [5.74, 6) is -1.60. The van der Waals surface area contributed by atoms with Gasteiger partial charge in [0.05, 0.1) is 5.57 Å². The van der Waals surface area contributed by atoms with Crippen molar-refractivity contribution in [1.82, 2.24) is 0 Å². The van der Waals surface area contributed by atoms with E-state index in [0.717, 1.165) is 5.56 Å². The third-order valence-electron chi connectivity index (χ3n) is 3.43. The van der Waals surface area contributed by atoms with Crippen molar-refractivity contribution in [2.24, 2.45) is 5.73 Å². The third-order valence-corrected chi connectivity index (χ3v) is 3.43. The van der Waals surface area contributed by atoms with E-state index in [4.69, 9.17) is 10.5 Å². The van der Waals surface area contributed by atoms with Crippen molar-refractivity contribution in [3.05, 3.63) is 77.5 Å². The summed E-state index contributed by atoms with van der Waals surface area (Å²) in [6, 6.07) is 18.0. The zero-order valence-electron chi connectivity index (χ0n) is 13.9. The van der Waals surface area contributed by atoms with Crippen LogP contribution in [0.5, 0.6) is 0 Å². The van der Waals surface area contributed by atoms with Gasteiger partial charge in [0.2, 0.25) is 0 Å². The van der Waals surface area contributed by atoms with Crippen molar-refractivity contribution in [2.75, 3.05) is 0 Å². The molecule has 2 aromatic rings. The normalized spacial score (nSPS) is 11.4. The lowest BCUT2D eigenvalue weighted by atomic mass is 10.00. The highest BCUT2D eigenvalue weighted by Gasteiger charge is 2.20. The molecule has 0 bridgehead atoms. The molecule has 5 nitrogen and oxygen atoms in total. The van der Waals surface area contributed by atoms with Gasteiger partial charge in [0.25, 0.3) is 5.91 Å². The van der Waals surface area contributed by atoms with Crippen LogP contribution in [0.4, 0.5) is 0 Å². The van der Waals surface area contributed by atoms with E-state index in [1.807, 2.05) is 30.3 Å². The topological polar surface area (TPSA) is 86.5 Å². The fourth-order valence-electron chi connectivity index (χ4n) is 2.38. The van der Waals surface area contributed by atoms with Crippen molar-refractivity contribution in [1.29, 1.82) is 0 Å². The van der Waals surface area contributed by atoms with Gasteiger partial charge in [0.1, 0.15) is 18.0 Å². The predicted octanol–water partition coefficient (Wildman–Crippen LogP) is 2.65. The lowest BCUT2D eigenvalue weighted by Crippen LogP contribution is -2.19. The van der Waals surface area contributed by atoms with Crippen molar-refractivity contribution in [3.63, 3.8) is 0 Å². The Kier molecular flexibility index (Phi) is 6.23. The summed E-state index contributed by atoms with van der Waals surface area (Å²) >= 11 is 0. The quantitative estimate of drug-likeness (QED) is 0.364. The van der Waals surface area contributed by atoms with E-state index in [2.05, 4.69) is 0 Å². The summed E-state index contributed by atoms with van der Waals surface area (Å²) in [7, 11) is 0. The fourth-order valence-corrected chi connectivity index (χ4v) is 2.38. The second-order valence-electron chi connectivity index (χ2n) is 5.54. The van der Waals surface area contributed by atoms with E-state index in [9.17, 15) is 14.4 Å². The first-order valence-electron chi connectivity index (χ1n) is 7.79. The van der Waals surface area contributed by atoms with Crippen molar-refractivity contribution >= 4 is 23.2 Å². The maximum Gasteiger partial charge on any atom is 0.318 e. The monoisotopic (exact) mass is 337 g/mol. The zero-order chi connectivity index (χ0) is 18.2. The molecule has 128 valence electrons. The number of nitrogens with two attached hydrogens (primary N) is 1. The molecule has 0 heterocycles. The Balaban J connectivity index is 2.47. The summed E-state index contributed by atoms with van der Waals surface area (Å²) in [5, 5.41) is 0. The fraction of sp³-hybridized carbons (Fsp3) is 0.150. The van der Waals surface area contributed by atoms with E-state index < -0.39 is 11.9 Å². The second kappa shape index (κ2) is 8.59. The number of carbonyl (C=O) groups is 3. The van der Waals surface area contributed by atoms with Crippen LogP contribution < -0.4 is 5.73 Å². The molecule has 5 heteroatoms. The Morgan fingerprint density at radius 2 is 1.48 bits per heavy atom. The number of rotatable bonds is 7. The van der Waals surface area contributed by atoms with Crippen LogP contribution in [0.3, 0.4) is 0 Å². The average molecular weight is 337 g/mol. The molecule has 0 aliphatic carbocycles.